The number of hydrogen-bond donors (Lipinski definition) is 1. The number of methoxy groups -OCH3 is 1. The first-order chi connectivity index (χ1) is 12.9. The molecule has 144 valence electrons. The predicted octanol–water partition coefficient (Wildman–Crippen LogP) is 3.16. The number of piperidine rings is 1. The van der Waals surface area contributed by atoms with Gasteiger partial charge in [0.05, 0.1) is 13.7 Å². The van der Waals surface area contributed by atoms with Gasteiger partial charge in [0, 0.05) is 43.3 Å². The Labute approximate surface area is 158 Å². The van der Waals surface area contributed by atoms with Crippen molar-refractivity contribution in [1.29, 1.82) is 0 Å². The van der Waals surface area contributed by atoms with Crippen LogP contribution in [0, 0.1) is 13.8 Å². The van der Waals surface area contributed by atoms with Gasteiger partial charge in [-0.05, 0) is 32.0 Å². The number of alkyl halides is 1. The van der Waals surface area contributed by atoms with Gasteiger partial charge >= 0.3 is 0 Å². The number of amides is 1. The van der Waals surface area contributed by atoms with Gasteiger partial charge in [-0.25, -0.2) is 14.4 Å². The summed E-state index contributed by atoms with van der Waals surface area (Å²) in [4.78, 5) is 22.9. The molecular formula is C20H25FN4O2. The number of halogens is 1. The van der Waals surface area contributed by atoms with E-state index in [9.17, 15) is 4.79 Å². The number of anilines is 1. The highest BCUT2D eigenvalue weighted by Crippen LogP contribution is 2.28. The minimum atomic E-state index is -1.36. The quantitative estimate of drug-likeness (QED) is 0.873. The average molecular weight is 372 g/mol. The molecule has 7 heteroatoms. The molecule has 0 spiro atoms. The lowest BCUT2D eigenvalue weighted by atomic mass is 9.92. The molecule has 27 heavy (non-hydrogen) atoms. The summed E-state index contributed by atoms with van der Waals surface area (Å²) in [6, 6.07) is 8.84. The van der Waals surface area contributed by atoms with Crippen molar-refractivity contribution in [3.63, 3.8) is 0 Å². The first-order valence-electron chi connectivity index (χ1n) is 9.07. The third-order valence-corrected chi connectivity index (χ3v) is 4.82. The standard InChI is InChI=1S/C20H25FN4O2/c1-14-11-18(24-15(2)23-14)22-13-20(21)7-9-25(10-8-20)19(26)16-5-4-6-17(12-16)27-3/h4-6,11-12H,7-10,13H2,1-3H3,(H,22,23,24). The Kier molecular flexibility index (Phi) is 5.58. The molecule has 0 atom stereocenters. The Morgan fingerprint density at radius 1 is 1.26 bits per heavy atom. The monoisotopic (exact) mass is 372 g/mol. The molecule has 0 radical (unpaired) electrons. The zero-order valence-electron chi connectivity index (χ0n) is 16.0. The fourth-order valence-corrected chi connectivity index (χ4v) is 3.28. The highest BCUT2D eigenvalue weighted by Gasteiger charge is 2.36. The van der Waals surface area contributed by atoms with E-state index in [-0.39, 0.29) is 12.5 Å². The summed E-state index contributed by atoms with van der Waals surface area (Å²) in [7, 11) is 1.57. The van der Waals surface area contributed by atoms with E-state index in [2.05, 4.69) is 15.3 Å². The Morgan fingerprint density at radius 2 is 2.00 bits per heavy atom. The number of benzene rings is 1. The van der Waals surface area contributed by atoms with Crippen LogP contribution in [-0.2, 0) is 0 Å². The molecule has 2 heterocycles. The van der Waals surface area contributed by atoms with Gasteiger partial charge in [0.2, 0.25) is 0 Å². The van der Waals surface area contributed by atoms with Crippen LogP contribution < -0.4 is 10.1 Å². The van der Waals surface area contributed by atoms with Crippen LogP contribution in [-0.4, -0.2) is 53.2 Å². The topological polar surface area (TPSA) is 67.3 Å². The molecule has 1 fully saturated rings. The fraction of sp³-hybridized carbons (Fsp3) is 0.450. The zero-order chi connectivity index (χ0) is 19.4. The molecule has 1 aliphatic rings. The largest absolute Gasteiger partial charge is 0.497 e. The lowest BCUT2D eigenvalue weighted by Gasteiger charge is -2.36. The molecule has 1 aromatic carbocycles. The van der Waals surface area contributed by atoms with E-state index in [4.69, 9.17) is 4.74 Å². The maximum atomic E-state index is 15.2. The molecule has 0 aliphatic carbocycles. The molecule has 6 nitrogen and oxygen atoms in total. The van der Waals surface area contributed by atoms with Crippen molar-refractivity contribution in [2.45, 2.75) is 32.4 Å². The molecule has 0 bridgehead atoms. The smallest absolute Gasteiger partial charge is 0.253 e. The van der Waals surface area contributed by atoms with Gasteiger partial charge in [-0.15, -0.1) is 0 Å². The number of carbonyl (C=O) groups excluding carboxylic acids is 1. The van der Waals surface area contributed by atoms with Crippen molar-refractivity contribution in [2.75, 3.05) is 32.1 Å². The summed E-state index contributed by atoms with van der Waals surface area (Å²) in [6.07, 6.45) is 0.581. The van der Waals surface area contributed by atoms with Crippen molar-refractivity contribution < 1.29 is 13.9 Å². The first-order valence-corrected chi connectivity index (χ1v) is 9.07. The van der Waals surface area contributed by atoms with E-state index < -0.39 is 5.67 Å². The molecule has 1 aliphatic heterocycles. The zero-order valence-corrected chi connectivity index (χ0v) is 16.0. The lowest BCUT2D eigenvalue weighted by Crippen LogP contribution is -2.47. The molecule has 1 aromatic heterocycles. The van der Waals surface area contributed by atoms with Gasteiger partial charge < -0.3 is 15.0 Å². The number of aryl methyl sites for hydroxylation is 2. The second kappa shape index (κ2) is 7.90. The predicted molar refractivity (Wildman–Crippen MR) is 102 cm³/mol. The second-order valence-electron chi connectivity index (χ2n) is 6.97. The maximum absolute atomic E-state index is 15.2. The molecule has 1 saturated heterocycles. The van der Waals surface area contributed by atoms with E-state index in [0.29, 0.717) is 48.9 Å². The summed E-state index contributed by atoms with van der Waals surface area (Å²) in [5.41, 5.74) is 0.0418. The average Bonchev–Trinajstić information content (AvgIpc) is 2.66. The van der Waals surface area contributed by atoms with Crippen molar-refractivity contribution >= 4 is 11.7 Å². The lowest BCUT2D eigenvalue weighted by molar-refractivity contribution is 0.0483. The first kappa shape index (κ1) is 19.1. The van der Waals surface area contributed by atoms with E-state index in [1.54, 1.807) is 42.3 Å². The van der Waals surface area contributed by atoms with Crippen LogP contribution >= 0.6 is 0 Å². The van der Waals surface area contributed by atoms with Gasteiger partial charge in [-0.1, -0.05) is 6.07 Å². The van der Waals surface area contributed by atoms with Gasteiger partial charge in [-0.2, -0.15) is 0 Å². The third kappa shape index (κ3) is 4.72. The number of aromatic nitrogens is 2. The number of likely N-dealkylation sites (tertiary alicyclic amines) is 1. The molecule has 2 aromatic rings. The van der Waals surface area contributed by atoms with Crippen LogP contribution in [0.15, 0.2) is 30.3 Å². The van der Waals surface area contributed by atoms with Crippen LogP contribution in [0.3, 0.4) is 0 Å². The van der Waals surface area contributed by atoms with Crippen LogP contribution in [0.1, 0.15) is 34.7 Å². The van der Waals surface area contributed by atoms with Crippen molar-refractivity contribution in [3.05, 3.63) is 47.4 Å². The fourth-order valence-electron chi connectivity index (χ4n) is 3.28. The summed E-state index contributed by atoms with van der Waals surface area (Å²) in [5, 5.41) is 3.08. The maximum Gasteiger partial charge on any atom is 0.253 e. The molecule has 0 saturated carbocycles. The second-order valence-corrected chi connectivity index (χ2v) is 6.97. The molecule has 0 unspecified atom stereocenters. The Bertz CT molecular complexity index is 799. The minimum absolute atomic E-state index is 0.0917. The molecular weight excluding hydrogens is 347 g/mol. The Balaban J connectivity index is 1.57. The van der Waals surface area contributed by atoms with Gasteiger partial charge in [0.1, 0.15) is 23.1 Å². The number of rotatable bonds is 5. The number of ether oxygens (including phenoxy) is 1. The number of nitrogens with zero attached hydrogens (tertiary/aromatic N) is 3. The molecule has 1 amide bonds. The Hall–Kier alpha value is -2.70. The van der Waals surface area contributed by atoms with Gasteiger partial charge in [0.15, 0.2) is 0 Å². The molecule has 1 N–H and O–H groups in total. The van der Waals surface area contributed by atoms with Crippen LogP contribution in [0.25, 0.3) is 0 Å². The normalized spacial score (nSPS) is 16.1. The van der Waals surface area contributed by atoms with E-state index in [1.165, 1.54) is 0 Å². The number of carbonyl (C=O) groups is 1. The molecule has 3 rings (SSSR count). The SMILES string of the molecule is COc1cccc(C(=O)N2CCC(F)(CNc3cc(C)nc(C)n3)CC2)c1. The van der Waals surface area contributed by atoms with E-state index >= 15 is 4.39 Å². The van der Waals surface area contributed by atoms with Crippen LogP contribution in [0.2, 0.25) is 0 Å². The van der Waals surface area contributed by atoms with Crippen LogP contribution in [0.5, 0.6) is 5.75 Å². The van der Waals surface area contributed by atoms with E-state index in [0.717, 1.165) is 5.69 Å². The highest BCUT2D eigenvalue weighted by atomic mass is 19.1. The van der Waals surface area contributed by atoms with Crippen molar-refractivity contribution in [3.8, 4) is 5.75 Å². The number of hydrogen-bond acceptors (Lipinski definition) is 5. The Morgan fingerprint density at radius 3 is 2.67 bits per heavy atom. The summed E-state index contributed by atoms with van der Waals surface area (Å²) in [6.45, 7) is 4.63. The van der Waals surface area contributed by atoms with Crippen LogP contribution in [0.4, 0.5) is 10.2 Å². The highest BCUT2D eigenvalue weighted by molar-refractivity contribution is 5.94. The summed E-state index contributed by atoms with van der Waals surface area (Å²) >= 11 is 0. The van der Waals surface area contributed by atoms with E-state index in [1.807, 2.05) is 13.8 Å². The summed E-state index contributed by atoms with van der Waals surface area (Å²) < 4.78 is 20.3. The van der Waals surface area contributed by atoms with Gasteiger partial charge in [-0.3, -0.25) is 4.79 Å². The minimum Gasteiger partial charge on any atom is -0.497 e. The van der Waals surface area contributed by atoms with Crippen molar-refractivity contribution in [1.82, 2.24) is 14.9 Å². The van der Waals surface area contributed by atoms with Gasteiger partial charge in [0.25, 0.3) is 5.91 Å². The third-order valence-electron chi connectivity index (χ3n) is 4.82. The van der Waals surface area contributed by atoms with Crippen molar-refractivity contribution in [2.24, 2.45) is 0 Å². The summed E-state index contributed by atoms with van der Waals surface area (Å²) in [5.74, 6) is 1.83. The number of nitrogens with one attached hydrogen (secondary N) is 1.